The van der Waals surface area contributed by atoms with E-state index in [0.717, 1.165) is 0 Å². The van der Waals surface area contributed by atoms with Gasteiger partial charge in [-0.15, -0.1) is 0 Å². The number of carboxylic acid groups (broad SMARTS) is 4. The molecular formula is C17H12N8O8. The minimum Gasteiger partial charge on any atom is -0.542 e. The van der Waals surface area contributed by atoms with Gasteiger partial charge in [-0.1, -0.05) is 0 Å². The number of nitrogens with zero attached hydrogens (tertiary/aromatic N) is 4. The zero-order chi connectivity index (χ0) is 23.9. The molecule has 0 unspecified atom stereocenters. The Hall–Kier alpha value is -5.28. The van der Waals surface area contributed by atoms with Gasteiger partial charge in [0.15, 0.2) is 23.3 Å². The predicted octanol–water partition coefficient (Wildman–Crippen LogP) is -4.83. The molecule has 0 spiro atoms. The minimum atomic E-state index is -1.28. The van der Waals surface area contributed by atoms with Crippen molar-refractivity contribution in [3.05, 3.63) is 80.3 Å². The van der Waals surface area contributed by atoms with Gasteiger partial charge < -0.3 is 59.5 Å². The summed E-state index contributed by atoms with van der Waals surface area (Å²) in [5, 5.41) is 39.4. The van der Waals surface area contributed by atoms with E-state index < -0.39 is 23.9 Å². The van der Waals surface area contributed by atoms with Gasteiger partial charge in [0.05, 0.1) is 0 Å². The summed E-state index contributed by atoms with van der Waals surface area (Å²) in [6.45, 7) is 0. The molecular weight excluding hydrogens is 444 g/mol. The number of hydrogen-bond donors (Lipinski definition) is 4. The Morgan fingerprint density at radius 1 is 0.485 bits per heavy atom. The maximum absolute atomic E-state index is 9.86. The average Bonchev–Trinajstić information content (AvgIpc) is 3.56. The van der Waals surface area contributed by atoms with Gasteiger partial charge in [0.2, 0.25) is 0 Å². The summed E-state index contributed by atoms with van der Waals surface area (Å²) in [5.74, 6) is -5.67. The third-order valence-electron chi connectivity index (χ3n) is 2.77. The number of aromatic carboxylic acids is 4. The number of aromatic nitrogens is 8. The van der Waals surface area contributed by atoms with E-state index in [0.29, 0.717) is 0 Å². The van der Waals surface area contributed by atoms with E-state index >= 15 is 0 Å². The quantitative estimate of drug-likeness (QED) is 0.225. The molecule has 0 saturated carbocycles. The van der Waals surface area contributed by atoms with Crippen molar-refractivity contribution in [3.63, 3.8) is 0 Å². The van der Waals surface area contributed by atoms with Crippen LogP contribution in [0.3, 0.4) is 0 Å². The van der Waals surface area contributed by atoms with Gasteiger partial charge in [0.25, 0.3) is 0 Å². The minimum absolute atomic E-state index is 0. The Bertz CT molecular complexity index is 898. The maximum atomic E-state index is 9.86. The van der Waals surface area contributed by atoms with Crippen molar-refractivity contribution in [1.82, 2.24) is 39.9 Å². The molecule has 0 amide bonds. The van der Waals surface area contributed by atoms with Crippen LogP contribution in [0.15, 0.2) is 49.6 Å². The van der Waals surface area contributed by atoms with E-state index in [1.54, 1.807) is 0 Å². The molecule has 33 heavy (non-hydrogen) atoms. The van der Waals surface area contributed by atoms with E-state index in [9.17, 15) is 39.6 Å². The second-order valence-corrected chi connectivity index (χ2v) is 4.90. The third kappa shape index (κ3) is 10.9. The molecule has 4 heterocycles. The van der Waals surface area contributed by atoms with Crippen LogP contribution in [-0.4, -0.2) is 63.7 Å². The molecule has 0 radical (unpaired) electrons. The zero-order valence-corrected chi connectivity index (χ0v) is 16.2. The van der Waals surface area contributed by atoms with Gasteiger partial charge in [0, 0.05) is 49.6 Å². The van der Waals surface area contributed by atoms with Crippen molar-refractivity contribution >= 4 is 23.9 Å². The summed E-state index contributed by atoms with van der Waals surface area (Å²) in [6.07, 6.45) is 11.1. The third-order valence-corrected chi connectivity index (χ3v) is 2.77. The molecule has 4 aromatic rings. The number of rotatable bonds is 4. The summed E-state index contributed by atoms with van der Waals surface area (Å²) in [7, 11) is 0. The van der Waals surface area contributed by atoms with Gasteiger partial charge in [-0.05, 0) is 0 Å². The molecule has 168 valence electrons. The number of carbonyl (C=O) groups excluding carboxylic acids is 4. The van der Waals surface area contributed by atoms with Gasteiger partial charge in [0.1, 0.15) is 23.9 Å². The van der Waals surface area contributed by atoms with Crippen molar-refractivity contribution in [2.45, 2.75) is 0 Å². The molecule has 16 heteroatoms. The van der Waals surface area contributed by atoms with E-state index in [1.165, 1.54) is 49.6 Å². The molecule has 4 rings (SSSR count). The summed E-state index contributed by atoms with van der Waals surface area (Å²) >= 11 is 0. The van der Waals surface area contributed by atoms with Crippen molar-refractivity contribution < 1.29 is 39.6 Å². The molecule has 0 atom stereocenters. The zero-order valence-electron chi connectivity index (χ0n) is 16.2. The molecule has 0 aliphatic rings. The first-order valence-electron chi connectivity index (χ1n) is 8.05. The summed E-state index contributed by atoms with van der Waals surface area (Å²) < 4.78 is 0. The second kappa shape index (κ2) is 14.7. The van der Waals surface area contributed by atoms with Crippen LogP contribution in [0.4, 0.5) is 0 Å². The topological polar surface area (TPSA) is 275 Å². The Kier molecular flexibility index (Phi) is 12.3. The van der Waals surface area contributed by atoms with Crippen LogP contribution in [0.2, 0.25) is 0 Å². The Morgan fingerprint density at radius 2 is 0.667 bits per heavy atom. The van der Waals surface area contributed by atoms with Crippen molar-refractivity contribution in [3.8, 4) is 0 Å². The molecule has 0 fully saturated rings. The molecule has 0 aromatic carbocycles. The molecule has 0 aliphatic carbocycles. The number of imidazole rings is 4. The standard InChI is InChI=1S/4C4H4N2O2.C/c4*7-4(8)3-5-1-2-6-3;/h4*1-2H,(H,5,6)(H,7,8);/q;;;;+4/p-4. The van der Waals surface area contributed by atoms with E-state index in [2.05, 4.69) is 39.9 Å². The first-order chi connectivity index (χ1) is 15.2. The molecule has 0 bridgehead atoms. The smallest absolute Gasteiger partial charge is 0.542 e. The van der Waals surface area contributed by atoms with Crippen LogP contribution in [0.25, 0.3) is 0 Å². The van der Waals surface area contributed by atoms with E-state index in [-0.39, 0.29) is 30.7 Å². The number of hydrogen-bond acceptors (Lipinski definition) is 12. The molecule has 4 aromatic heterocycles. The van der Waals surface area contributed by atoms with Crippen molar-refractivity contribution in [1.29, 1.82) is 0 Å². The van der Waals surface area contributed by atoms with Crippen LogP contribution < -0.4 is 20.4 Å². The number of aromatic amines is 4. The fourth-order valence-corrected chi connectivity index (χ4v) is 1.51. The number of carboxylic acids is 4. The average molecular weight is 456 g/mol. The van der Waals surface area contributed by atoms with Gasteiger partial charge in [-0.3, -0.25) is 0 Å². The number of nitrogens with one attached hydrogen (secondary N) is 4. The van der Waals surface area contributed by atoms with Gasteiger partial charge >= 0.3 is 7.43 Å². The van der Waals surface area contributed by atoms with Gasteiger partial charge in [-0.25, -0.2) is 19.9 Å². The Morgan fingerprint density at radius 3 is 0.727 bits per heavy atom. The van der Waals surface area contributed by atoms with Gasteiger partial charge in [-0.2, -0.15) is 0 Å². The molecule has 16 nitrogen and oxygen atoms in total. The first kappa shape index (κ1) is 27.7. The van der Waals surface area contributed by atoms with Crippen LogP contribution in [-0.2, 0) is 0 Å². The fraction of sp³-hybridized carbons (Fsp3) is 0. The van der Waals surface area contributed by atoms with Crippen molar-refractivity contribution in [2.24, 2.45) is 0 Å². The SMILES string of the molecule is O=C([O-])c1ncc[nH]1.O=C([O-])c1ncc[nH]1.O=C([O-])c1ncc[nH]1.O=C([O-])c1ncc[nH]1.[C+4]. The monoisotopic (exact) mass is 456 g/mol. The Labute approximate surface area is 184 Å². The maximum Gasteiger partial charge on any atom is 4.00 e. The largest absolute Gasteiger partial charge is 4.00 e. The molecule has 4 N–H and O–H groups in total. The fourth-order valence-electron chi connectivity index (χ4n) is 1.51. The first-order valence-corrected chi connectivity index (χ1v) is 8.05. The number of carbonyl (C=O) groups is 4. The summed E-state index contributed by atoms with van der Waals surface area (Å²) in [4.78, 5) is 62.5. The predicted molar refractivity (Wildman–Crippen MR) is 94.9 cm³/mol. The van der Waals surface area contributed by atoms with Crippen LogP contribution in [0.1, 0.15) is 42.5 Å². The number of H-pyrrole nitrogens is 4. The van der Waals surface area contributed by atoms with Crippen LogP contribution >= 0.6 is 0 Å². The van der Waals surface area contributed by atoms with Crippen LogP contribution in [0.5, 0.6) is 0 Å². The summed E-state index contributed by atoms with van der Waals surface area (Å²) in [6, 6.07) is 0. The van der Waals surface area contributed by atoms with E-state index in [4.69, 9.17) is 0 Å². The van der Waals surface area contributed by atoms with Crippen LogP contribution in [0, 0.1) is 7.43 Å². The normalized spacial score (nSPS) is 8.73. The second-order valence-electron chi connectivity index (χ2n) is 4.90. The van der Waals surface area contributed by atoms with E-state index in [1.807, 2.05) is 0 Å². The molecule has 0 aliphatic heterocycles. The van der Waals surface area contributed by atoms with Crippen molar-refractivity contribution in [2.75, 3.05) is 0 Å². The Balaban J connectivity index is 0.000000410. The summed E-state index contributed by atoms with van der Waals surface area (Å²) in [5.41, 5.74) is 0. The molecule has 0 saturated heterocycles.